The van der Waals surface area contributed by atoms with Gasteiger partial charge in [-0.15, -0.1) is 0 Å². The maximum atomic E-state index is 12.7. The van der Waals surface area contributed by atoms with Gasteiger partial charge >= 0.3 is 6.09 Å². The first-order valence-electron chi connectivity index (χ1n) is 10.8. The molecule has 3 unspecified atom stereocenters. The number of carbonyl (C=O) groups excluding carboxylic acids is 3. The van der Waals surface area contributed by atoms with Gasteiger partial charge in [0.1, 0.15) is 18.4 Å². The molecule has 2 amide bonds. The second kappa shape index (κ2) is 10.4. The van der Waals surface area contributed by atoms with Crippen LogP contribution in [0.25, 0.3) is 0 Å². The normalized spacial score (nSPS) is 20.2. The summed E-state index contributed by atoms with van der Waals surface area (Å²) in [7, 11) is 0. The van der Waals surface area contributed by atoms with Crippen molar-refractivity contribution >= 4 is 17.8 Å². The largest absolute Gasteiger partial charge is 0.445 e. The van der Waals surface area contributed by atoms with E-state index in [9.17, 15) is 19.5 Å². The average Bonchev–Trinajstić information content (AvgIpc) is 3.47. The fourth-order valence-corrected chi connectivity index (χ4v) is 3.82. The van der Waals surface area contributed by atoms with E-state index in [0.29, 0.717) is 0 Å². The summed E-state index contributed by atoms with van der Waals surface area (Å²) >= 11 is 0. The van der Waals surface area contributed by atoms with Gasteiger partial charge < -0.3 is 20.5 Å². The van der Waals surface area contributed by atoms with Gasteiger partial charge in [-0.2, -0.15) is 0 Å². The quantitative estimate of drug-likeness (QED) is 0.558. The number of rotatable bonds is 9. The minimum absolute atomic E-state index is 0.0285. The lowest BCUT2D eigenvalue weighted by atomic mass is 9.93. The third-order valence-electron chi connectivity index (χ3n) is 5.75. The number of ether oxygens (including phenoxy) is 1. The van der Waals surface area contributed by atoms with Crippen molar-refractivity contribution in [2.45, 2.75) is 51.5 Å². The second-order valence-corrected chi connectivity index (χ2v) is 8.51. The van der Waals surface area contributed by atoms with Crippen molar-refractivity contribution in [1.29, 1.82) is 0 Å². The number of alkyl carbamates (subject to hydrolysis) is 1. The zero-order chi connectivity index (χ0) is 23.3. The van der Waals surface area contributed by atoms with Gasteiger partial charge in [0.25, 0.3) is 0 Å². The van der Waals surface area contributed by atoms with Gasteiger partial charge in [0.05, 0.1) is 24.0 Å². The van der Waals surface area contributed by atoms with E-state index in [-0.39, 0.29) is 24.2 Å². The van der Waals surface area contributed by atoms with Gasteiger partial charge in [-0.05, 0) is 24.0 Å². The molecule has 2 aromatic rings. The van der Waals surface area contributed by atoms with Crippen molar-refractivity contribution in [1.82, 2.24) is 10.6 Å². The van der Waals surface area contributed by atoms with Crippen molar-refractivity contribution in [2.75, 3.05) is 0 Å². The number of aliphatic hydroxyl groups is 1. The number of amides is 2. The third-order valence-corrected chi connectivity index (χ3v) is 5.75. The standard InChI is InChI=1S/C25H30N2O5/c1-15(2)21(23(29)20-19(22(20)28)18-12-8-5-9-13-18)27-24(30)16(3)26-25(31)32-14-17-10-6-4-7-11-17/h4-13,15-16,19-21,23,29H,14H2,1-3H3,(H,26,31)(H,27,30)/t16-,19?,20?,21-,23?/m0/s1. The fourth-order valence-electron chi connectivity index (χ4n) is 3.82. The number of nitrogens with one attached hydrogen (secondary N) is 2. The number of hydrogen-bond donors (Lipinski definition) is 3. The fraction of sp³-hybridized carbons (Fsp3) is 0.400. The zero-order valence-corrected chi connectivity index (χ0v) is 18.5. The number of aliphatic hydroxyl groups excluding tert-OH is 1. The molecule has 7 heteroatoms. The SMILES string of the molecule is CC(C)[C@H](NC(=O)[C@H](C)NC(=O)OCc1ccccc1)C(O)C1C(=O)C1c1ccccc1. The minimum atomic E-state index is -1.02. The first-order valence-corrected chi connectivity index (χ1v) is 10.8. The molecule has 0 saturated heterocycles. The van der Waals surface area contributed by atoms with Gasteiger partial charge in [0.15, 0.2) is 0 Å². The minimum Gasteiger partial charge on any atom is -0.445 e. The molecule has 0 aromatic heterocycles. The van der Waals surface area contributed by atoms with Crippen LogP contribution >= 0.6 is 0 Å². The van der Waals surface area contributed by atoms with Crippen LogP contribution in [0.15, 0.2) is 60.7 Å². The smallest absolute Gasteiger partial charge is 0.408 e. The van der Waals surface area contributed by atoms with Crippen LogP contribution in [0.5, 0.6) is 0 Å². The van der Waals surface area contributed by atoms with Crippen molar-refractivity contribution in [3.05, 3.63) is 71.8 Å². The number of benzene rings is 2. The van der Waals surface area contributed by atoms with Crippen molar-refractivity contribution in [3.63, 3.8) is 0 Å². The molecular formula is C25H30N2O5. The molecule has 1 fully saturated rings. The van der Waals surface area contributed by atoms with Gasteiger partial charge in [0, 0.05) is 0 Å². The monoisotopic (exact) mass is 438 g/mol. The lowest BCUT2D eigenvalue weighted by molar-refractivity contribution is -0.125. The van der Waals surface area contributed by atoms with Crippen LogP contribution in [0.4, 0.5) is 4.79 Å². The van der Waals surface area contributed by atoms with Gasteiger partial charge in [-0.25, -0.2) is 4.79 Å². The van der Waals surface area contributed by atoms with E-state index in [1.54, 1.807) is 0 Å². The maximum Gasteiger partial charge on any atom is 0.408 e. The summed E-state index contributed by atoms with van der Waals surface area (Å²) in [5, 5.41) is 16.2. The molecule has 0 aliphatic heterocycles. The van der Waals surface area contributed by atoms with E-state index in [4.69, 9.17) is 4.74 Å². The van der Waals surface area contributed by atoms with E-state index >= 15 is 0 Å². The molecule has 0 radical (unpaired) electrons. The summed E-state index contributed by atoms with van der Waals surface area (Å²) in [6.45, 7) is 5.37. The highest BCUT2D eigenvalue weighted by Gasteiger charge is 2.56. The molecular weight excluding hydrogens is 408 g/mol. The Kier molecular flexibility index (Phi) is 7.64. The van der Waals surface area contributed by atoms with Crippen LogP contribution in [-0.2, 0) is 20.9 Å². The Hall–Kier alpha value is -3.19. The number of hydrogen-bond acceptors (Lipinski definition) is 5. The average molecular weight is 439 g/mol. The zero-order valence-electron chi connectivity index (χ0n) is 18.5. The highest BCUT2D eigenvalue weighted by atomic mass is 16.5. The molecule has 3 rings (SSSR count). The van der Waals surface area contributed by atoms with Crippen molar-refractivity contribution in [3.8, 4) is 0 Å². The maximum absolute atomic E-state index is 12.7. The summed E-state index contributed by atoms with van der Waals surface area (Å²) in [6, 6.07) is 17.0. The lowest BCUT2D eigenvalue weighted by Crippen LogP contribution is -2.54. The molecule has 1 aliphatic carbocycles. The molecule has 0 heterocycles. The van der Waals surface area contributed by atoms with E-state index in [2.05, 4.69) is 10.6 Å². The van der Waals surface area contributed by atoms with E-state index < -0.39 is 36.1 Å². The van der Waals surface area contributed by atoms with Crippen LogP contribution in [-0.4, -0.2) is 41.1 Å². The van der Waals surface area contributed by atoms with Crippen molar-refractivity contribution in [2.24, 2.45) is 11.8 Å². The highest BCUT2D eigenvalue weighted by molar-refractivity contribution is 6.05. The highest BCUT2D eigenvalue weighted by Crippen LogP contribution is 2.46. The molecule has 1 aliphatic rings. The second-order valence-electron chi connectivity index (χ2n) is 8.51. The summed E-state index contributed by atoms with van der Waals surface area (Å²) in [5.74, 6) is -1.50. The lowest BCUT2D eigenvalue weighted by Gasteiger charge is -2.28. The summed E-state index contributed by atoms with van der Waals surface area (Å²) in [5.41, 5.74) is 1.70. The Morgan fingerprint density at radius 1 is 0.969 bits per heavy atom. The number of carbonyl (C=O) groups is 3. The Morgan fingerprint density at radius 2 is 1.56 bits per heavy atom. The van der Waals surface area contributed by atoms with Crippen molar-refractivity contribution < 1.29 is 24.2 Å². The molecule has 0 spiro atoms. The first kappa shape index (κ1) is 23.5. The van der Waals surface area contributed by atoms with Crippen LogP contribution in [0.2, 0.25) is 0 Å². The van der Waals surface area contributed by atoms with Gasteiger partial charge in [0.2, 0.25) is 5.91 Å². The van der Waals surface area contributed by atoms with Crippen LogP contribution < -0.4 is 10.6 Å². The number of ketones is 1. The van der Waals surface area contributed by atoms with Crippen LogP contribution in [0.1, 0.15) is 37.8 Å². The summed E-state index contributed by atoms with van der Waals surface area (Å²) < 4.78 is 5.15. The number of Topliss-reactive ketones (excluding diaryl/α,β-unsaturated/α-hetero) is 1. The Morgan fingerprint density at radius 3 is 2.16 bits per heavy atom. The van der Waals surface area contributed by atoms with Crippen LogP contribution in [0.3, 0.4) is 0 Å². The molecule has 5 atom stereocenters. The topological polar surface area (TPSA) is 105 Å². The Balaban J connectivity index is 1.54. The molecule has 32 heavy (non-hydrogen) atoms. The van der Waals surface area contributed by atoms with E-state index in [1.807, 2.05) is 74.5 Å². The molecule has 3 N–H and O–H groups in total. The molecule has 7 nitrogen and oxygen atoms in total. The van der Waals surface area contributed by atoms with Gasteiger partial charge in [-0.3, -0.25) is 9.59 Å². The predicted octanol–water partition coefficient (Wildman–Crippen LogP) is 2.79. The Labute approximate surface area is 188 Å². The van der Waals surface area contributed by atoms with Gasteiger partial charge in [-0.1, -0.05) is 74.5 Å². The third kappa shape index (κ3) is 5.73. The molecule has 1 saturated carbocycles. The summed E-state index contributed by atoms with van der Waals surface area (Å²) in [6.07, 6.45) is -1.73. The van der Waals surface area contributed by atoms with E-state index in [0.717, 1.165) is 11.1 Å². The molecule has 2 aromatic carbocycles. The first-order chi connectivity index (χ1) is 15.3. The molecule has 170 valence electrons. The predicted molar refractivity (Wildman–Crippen MR) is 120 cm³/mol. The van der Waals surface area contributed by atoms with E-state index in [1.165, 1.54) is 6.92 Å². The van der Waals surface area contributed by atoms with Crippen LogP contribution in [0, 0.1) is 11.8 Å². The molecule has 0 bridgehead atoms. The Bertz CT molecular complexity index is 932. The summed E-state index contributed by atoms with van der Waals surface area (Å²) in [4.78, 5) is 37.1.